The van der Waals surface area contributed by atoms with Gasteiger partial charge in [-0.15, -0.1) is 0 Å². The largest absolute Gasteiger partial charge is 0.481 e. The van der Waals surface area contributed by atoms with Crippen LogP contribution in [0.3, 0.4) is 0 Å². The lowest BCUT2D eigenvalue weighted by Gasteiger charge is -2.14. The molecule has 1 unspecified atom stereocenters. The number of anilines is 1. The van der Waals surface area contributed by atoms with Crippen LogP contribution in [0.5, 0.6) is 0 Å². The van der Waals surface area contributed by atoms with Crippen molar-refractivity contribution in [3.8, 4) is 11.1 Å². The predicted octanol–water partition coefficient (Wildman–Crippen LogP) is 4.00. The number of aliphatic carboxylic acids is 1. The summed E-state index contributed by atoms with van der Waals surface area (Å²) in [6, 6.07) is 17.5. The summed E-state index contributed by atoms with van der Waals surface area (Å²) < 4.78 is 5.48. The molecule has 0 fully saturated rings. The fraction of sp³-hybridized carbons (Fsp3) is 0.280. The number of carboxylic acid groups (broad SMARTS) is 1. The number of hydrogen-bond donors (Lipinski definition) is 4. The van der Waals surface area contributed by atoms with E-state index in [1.54, 1.807) is 0 Å². The molecule has 176 valence electrons. The van der Waals surface area contributed by atoms with Crippen LogP contribution in [0.4, 0.5) is 10.6 Å². The van der Waals surface area contributed by atoms with Crippen LogP contribution in [0.15, 0.2) is 54.6 Å². The molecule has 9 nitrogen and oxygen atoms in total. The Labute approximate surface area is 196 Å². The van der Waals surface area contributed by atoms with E-state index < -0.39 is 18.0 Å². The van der Waals surface area contributed by atoms with Gasteiger partial charge in [0.05, 0.1) is 0 Å². The number of nitrogens with zero attached hydrogens (tertiary/aromatic N) is 1. The van der Waals surface area contributed by atoms with E-state index in [1.165, 1.54) is 6.07 Å². The van der Waals surface area contributed by atoms with E-state index >= 15 is 0 Å². The van der Waals surface area contributed by atoms with Crippen molar-refractivity contribution >= 4 is 23.8 Å². The van der Waals surface area contributed by atoms with Gasteiger partial charge in [-0.05, 0) is 28.2 Å². The van der Waals surface area contributed by atoms with Gasteiger partial charge in [0, 0.05) is 24.9 Å². The Morgan fingerprint density at radius 3 is 2.35 bits per heavy atom. The van der Waals surface area contributed by atoms with Gasteiger partial charge in [-0.2, -0.15) is 5.10 Å². The highest BCUT2D eigenvalue weighted by Gasteiger charge is 2.29. The van der Waals surface area contributed by atoms with Crippen molar-refractivity contribution in [1.29, 1.82) is 0 Å². The number of ether oxygens (including phenoxy) is 1. The molecular weight excluding hydrogens is 436 g/mol. The maximum atomic E-state index is 12.4. The van der Waals surface area contributed by atoms with Gasteiger partial charge in [-0.3, -0.25) is 20.0 Å². The van der Waals surface area contributed by atoms with Crippen molar-refractivity contribution in [1.82, 2.24) is 15.5 Å². The number of aromatic nitrogens is 2. The summed E-state index contributed by atoms with van der Waals surface area (Å²) in [4.78, 5) is 35.6. The molecule has 0 bridgehead atoms. The minimum Gasteiger partial charge on any atom is -0.481 e. The summed E-state index contributed by atoms with van der Waals surface area (Å²) in [6.45, 7) is 2.27. The summed E-state index contributed by atoms with van der Waals surface area (Å²) in [7, 11) is 0. The van der Waals surface area contributed by atoms with Gasteiger partial charge in [0.2, 0.25) is 0 Å². The van der Waals surface area contributed by atoms with Gasteiger partial charge < -0.3 is 15.2 Å². The van der Waals surface area contributed by atoms with Gasteiger partial charge in [0.25, 0.3) is 5.91 Å². The number of amides is 2. The maximum Gasteiger partial charge on any atom is 0.412 e. The first kappa shape index (κ1) is 23.0. The van der Waals surface area contributed by atoms with Crippen LogP contribution in [0.1, 0.15) is 47.3 Å². The van der Waals surface area contributed by atoms with Crippen LogP contribution in [-0.2, 0) is 9.53 Å². The molecule has 0 spiro atoms. The monoisotopic (exact) mass is 462 g/mol. The lowest BCUT2D eigenvalue weighted by atomic mass is 9.98. The maximum absolute atomic E-state index is 12.4. The van der Waals surface area contributed by atoms with E-state index in [1.807, 2.05) is 43.3 Å². The first-order valence-corrected chi connectivity index (χ1v) is 11.1. The van der Waals surface area contributed by atoms with Gasteiger partial charge >= 0.3 is 12.1 Å². The molecule has 1 aliphatic carbocycles. The van der Waals surface area contributed by atoms with Crippen molar-refractivity contribution in [2.24, 2.45) is 5.92 Å². The highest BCUT2D eigenvalue weighted by molar-refractivity contribution is 5.94. The fourth-order valence-electron chi connectivity index (χ4n) is 4.18. The fourth-order valence-corrected chi connectivity index (χ4v) is 4.18. The molecule has 34 heavy (non-hydrogen) atoms. The van der Waals surface area contributed by atoms with Crippen LogP contribution in [-0.4, -0.2) is 46.4 Å². The Hall–Kier alpha value is -4.14. The summed E-state index contributed by atoms with van der Waals surface area (Å²) in [5.74, 6) is -1.41. The normalized spacial score (nSPS) is 13.0. The summed E-state index contributed by atoms with van der Waals surface area (Å²) in [5.41, 5.74) is 4.67. The number of fused-ring (bicyclic) bond motifs is 3. The molecule has 0 radical (unpaired) electrons. The molecule has 4 rings (SSSR count). The zero-order valence-electron chi connectivity index (χ0n) is 18.7. The van der Waals surface area contributed by atoms with Crippen molar-refractivity contribution in [2.45, 2.75) is 25.7 Å². The van der Waals surface area contributed by atoms with E-state index in [0.717, 1.165) is 22.3 Å². The Bertz CT molecular complexity index is 1160. The number of aromatic amines is 1. The van der Waals surface area contributed by atoms with Crippen LogP contribution in [0.25, 0.3) is 11.1 Å². The highest BCUT2D eigenvalue weighted by Crippen LogP contribution is 2.44. The minimum atomic E-state index is -0.905. The second kappa shape index (κ2) is 10.2. The lowest BCUT2D eigenvalue weighted by Crippen LogP contribution is -2.30. The van der Waals surface area contributed by atoms with E-state index in [9.17, 15) is 14.4 Å². The zero-order valence-corrected chi connectivity index (χ0v) is 18.7. The number of nitrogens with one attached hydrogen (secondary N) is 3. The lowest BCUT2D eigenvalue weighted by molar-refractivity contribution is -0.138. The van der Waals surface area contributed by atoms with Gasteiger partial charge in [-0.1, -0.05) is 61.9 Å². The van der Waals surface area contributed by atoms with Crippen molar-refractivity contribution in [3.63, 3.8) is 0 Å². The van der Waals surface area contributed by atoms with Crippen LogP contribution < -0.4 is 10.6 Å². The van der Waals surface area contributed by atoms with E-state index in [0.29, 0.717) is 6.42 Å². The second-order valence-corrected chi connectivity index (χ2v) is 8.20. The molecule has 0 saturated heterocycles. The van der Waals surface area contributed by atoms with E-state index in [2.05, 4.69) is 33.0 Å². The SMILES string of the molecule is CCC(CNC(=O)c1cc(NC(=O)OCC2c3ccccc3-c3ccccc32)n[nH]1)CC(=O)O. The Morgan fingerprint density at radius 1 is 1.09 bits per heavy atom. The number of rotatable bonds is 9. The summed E-state index contributed by atoms with van der Waals surface area (Å²) >= 11 is 0. The second-order valence-electron chi connectivity index (χ2n) is 8.20. The quantitative estimate of drug-likeness (QED) is 0.380. The number of hydrogen-bond acceptors (Lipinski definition) is 5. The zero-order chi connectivity index (χ0) is 24.1. The first-order valence-electron chi connectivity index (χ1n) is 11.1. The average molecular weight is 463 g/mol. The molecule has 0 aliphatic heterocycles. The minimum absolute atomic E-state index is 0.0195. The van der Waals surface area contributed by atoms with E-state index in [-0.39, 0.29) is 42.9 Å². The molecule has 3 aromatic rings. The highest BCUT2D eigenvalue weighted by atomic mass is 16.5. The van der Waals surface area contributed by atoms with Gasteiger partial charge in [0.15, 0.2) is 5.82 Å². The molecule has 2 amide bonds. The number of carbonyl (C=O) groups excluding carboxylic acids is 2. The van der Waals surface area contributed by atoms with Gasteiger partial charge in [-0.25, -0.2) is 4.79 Å². The number of benzene rings is 2. The molecule has 9 heteroatoms. The Kier molecular flexibility index (Phi) is 6.91. The molecule has 1 aliphatic rings. The standard InChI is InChI=1S/C25H26N4O5/c1-2-15(11-23(30)31)13-26-24(32)21-12-22(29-28-21)27-25(33)34-14-20-18-9-5-3-7-16(18)17-8-4-6-10-19(17)20/h3-10,12,15,20H,2,11,13-14H2,1H3,(H,26,32)(H,30,31)(H2,27,28,29,33). The third-order valence-electron chi connectivity index (χ3n) is 5.99. The summed E-state index contributed by atoms with van der Waals surface area (Å²) in [5, 5.41) is 20.6. The molecule has 1 heterocycles. The number of carbonyl (C=O) groups is 3. The van der Waals surface area contributed by atoms with Crippen molar-refractivity contribution in [2.75, 3.05) is 18.5 Å². The summed E-state index contributed by atoms with van der Waals surface area (Å²) in [6.07, 6.45) is -0.0637. The van der Waals surface area contributed by atoms with Crippen molar-refractivity contribution in [3.05, 3.63) is 71.4 Å². The molecule has 2 aromatic carbocycles. The number of H-pyrrole nitrogens is 1. The predicted molar refractivity (Wildman–Crippen MR) is 126 cm³/mol. The smallest absolute Gasteiger partial charge is 0.412 e. The molecule has 1 aromatic heterocycles. The average Bonchev–Trinajstić information content (AvgIpc) is 3.42. The molecular formula is C25H26N4O5. The third kappa shape index (κ3) is 5.09. The third-order valence-corrected chi connectivity index (χ3v) is 5.99. The first-order chi connectivity index (χ1) is 16.5. The topological polar surface area (TPSA) is 133 Å². The van der Waals surface area contributed by atoms with Crippen LogP contribution in [0.2, 0.25) is 0 Å². The van der Waals surface area contributed by atoms with Crippen LogP contribution in [0, 0.1) is 5.92 Å². The Balaban J connectivity index is 1.32. The molecule has 4 N–H and O–H groups in total. The van der Waals surface area contributed by atoms with Crippen LogP contribution >= 0.6 is 0 Å². The number of carboxylic acids is 1. The molecule has 1 atom stereocenters. The van der Waals surface area contributed by atoms with Crippen molar-refractivity contribution < 1.29 is 24.2 Å². The van der Waals surface area contributed by atoms with Gasteiger partial charge in [0.1, 0.15) is 12.3 Å². The Morgan fingerprint density at radius 2 is 1.74 bits per heavy atom. The molecule has 0 saturated carbocycles. The van der Waals surface area contributed by atoms with E-state index in [4.69, 9.17) is 9.84 Å².